The van der Waals surface area contributed by atoms with E-state index in [-0.39, 0.29) is 24.6 Å². The van der Waals surface area contributed by atoms with Gasteiger partial charge in [0.15, 0.2) is 0 Å². The fraction of sp³-hybridized carbons (Fsp3) is 0.818. The predicted molar refractivity (Wildman–Crippen MR) is 56.3 cm³/mol. The monoisotopic (exact) mass is 216 g/mol. The molecular formula is C11H20O4. The minimum atomic E-state index is -0.524. The average molecular weight is 216 g/mol. The van der Waals surface area contributed by atoms with Crippen LogP contribution in [0.15, 0.2) is 0 Å². The zero-order valence-corrected chi connectivity index (χ0v) is 10.1. The third-order valence-electron chi connectivity index (χ3n) is 1.81. The Morgan fingerprint density at radius 2 is 1.80 bits per heavy atom. The van der Waals surface area contributed by atoms with Gasteiger partial charge < -0.3 is 9.47 Å². The van der Waals surface area contributed by atoms with E-state index in [2.05, 4.69) is 0 Å². The van der Waals surface area contributed by atoms with Crippen LogP contribution in [0.4, 0.5) is 0 Å². The molecule has 0 radical (unpaired) electrons. The molecule has 88 valence electrons. The van der Waals surface area contributed by atoms with E-state index in [1.165, 1.54) is 6.92 Å². The van der Waals surface area contributed by atoms with Crippen molar-refractivity contribution in [3.8, 4) is 0 Å². The number of ether oxygens (including phenoxy) is 2. The highest BCUT2D eigenvalue weighted by Crippen LogP contribution is 2.17. The van der Waals surface area contributed by atoms with Crippen molar-refractivity contribution in [3.63, 3.8) is 0 Å². The van der Waals surface area contributed by atoms with Crippen LogP contribution in [-0.2, 0) is 19.1 Å². The number of esters is 2. The molecule has 0 heterocycles. The fourth-order valence-corrected chi connectivity index (χ4v) is 0.774. The maximum atomic E-state index is 11.5. The van der Waals surface area contributed by atoms with E-state index in [1.54, 1.807) is 20.8 Å². The zero-order chi connectivity index (χ0) is 12.1. The molecule has 0 bridgehead atoms. The van der Waals surface area contributed by atoms with Crippen LogP contribution in [0.1, 0.15) is 41.0 Å². The fourth-order valence-electron chi connectivity index (χ4n) is 0.774. The van der Waals surface area contributed by atoms with Crippen LogP contribution in [0, 0.1) is 5.41 Å². The SMILES string of the molecule is CCC(COC(C)=O)OC(=O)C(C)(C)C. The molecule has 0 aromatic heterocycles. The molecule has 0 saturated heterocycles. The minimum absolute atomic E-state index is 0.133. The summed E-state index contributed by atoms with van der Waals surface area (Å²) in [6, 6.07) is 0. The molecule has 0 aliphatic carbocycles. The van der Waals surface area contributed by atoms with Crippen molar-refractivity contribution in [1.29, 1.82) is 0 Å². The lowest BCUT2D eigenvalue weighted by Gasteiger charge is -2.22. The van der Waals surface area contributed by atoms with Gasteiger partial charge in [-0.3, -0.25) is 9.59 Å². The van der Waals surface area contributed by atoms with Crippen molar-refractivity contribution in [2.75, 3.05) is 6.61 Å². The molecule has 0 spiro atoms. The number of hydrogen-bond acceptors (Lipinski definition) is 4. The molecule has 0 aliphatic heterocycles. The van der Waals surface area contributed by atoms with Crippen molar-refractivity contribution in [2.24, 2.45) is 5.41 Å². The van der Waals surface area contributed by atoms with Crippen molar-refractivity contribution < 1.29 is 19.1 Å². The lowest BCUT2D eigenvalue weighted by Crippen LogP contribution is -2.30. The largest absolute Gasteiger partial charge is 0.462 e. The summed E-state index contributed by atoms with van der Waals surface area (Å²) in [5.74, 6) is -0.637. The van der Waals surface area contributed by atoms with Gasteiger partial charge in [-0.1, -0.05) is 6.92 Å². The first-order valence-corrected chi connectivity index (χ1v) is 5.11. The molecule has 0 N–H and O–H groups in total. The molecule has 4 nitrogen and oxygen atoms in total. The summed E-state index contributed by atoms with van der Waals surface area (Å²) in [7, 11) is 0. The molecule has 0 rings (SSSR count). The normalized spacial score (nSPS) is 13.1. The molecule has 15 heavy (non-hydrogen) atoms. The second kappa shape index (κ2) is 5.73. The van der Waals surface area contributed by atoms with Gasteiger partial charge >= 0.3 is 11.9 Å². The number of rotatable bonds is 4. The summed E-state index contributed by atoms with van der Waals surface area (Å²) < 4.78 is 9.99. The summed E-state index contributed by atoms with van der Waals surface area (Å²) in [5, 5.41) is 0. The highest BCUT2D eigenvalue weighted by molar-refractivity contribution is 5.75. The predicted octanol–water partition coefficient (Wildman–Crippen LogP) is 1.92. The average Bonchev–Trinajstić information content (AvgIpc) is 2.09. The summed E-state index contributed by atoms with van der Waals surface area (Å²) in [6.07, 6.45) is 0.287. The van der Waals surface area contributed by atoms with Crippen molar-refractivity contribution >= 4 is 11.9 Å². The van der Waals surface area contributed by atoms with Crippen LogP contribution in [0.25, 0.3) is 0 Å². The number of carbonyl (C=O) groups excluding carboxylic acids is 2. The van der Waals surface area contributed by atoms with Gasteiger partial charge in [0.05, 0.1) is 5.41 Å². The van der Waals surface area contributed by atoms with Gasteiger partial charge in [0, 0.05) is 6.92 Å². The van der Waals surface area contributed by atoms with E-state index in [0.717, 1.165) is 0 Å². The van der Waals surface area contributed by atoms with E-state index in [1.807, 2.05) is 6.92 Å². The Hall–Kier alpha value is -1.06. The van der Waals surface area contributed by atoms with Gasteiger partial charge in [-0.05, 0) is 27.2 Å². The molecule has 1 unspecified atom stereocenters. The Balaban J connectivity index is 4.10. The van der Waals surface area contributed by atoms with Gasteiger partial charge in [-0.25, -0.2) is 0 Å². The van der Waals surface area contributed by atoms with Crippen molar-refractivity contribution in [3.05, 3.63) is 0 Å². The summed E-state index contributed by atoms with van der Waals surface area (Å²) in [6.45, 7) is 8.70. The quantitative estimate of drug-likeness (QED) is 0.674. The first-order chi connectivity index (χ1) is 6.77. The summed E-state index contributed by atoms with van der Waals surface area (Å²) >= 11 is 0. The van der Waals surface area contributed by atoms with E-state index in [9.17, 15) is 9.59 Å². The number of carbonyl (C=O) groups is 2. The summed E-state index contributed by atoms with van der Waals surface area (Å²) in [5.41, 5.74) is -0.524. The van der Waals surface area contributed by atoms with Crippen LogP contribution >= 0.6 is 0 Å². The van der Waals surface area contributed by atoms with E-state index >= 15 is 0 Å². The Morgan fingerprint density at radius 1 is 1.27 bits per heavy atom. The van der Waals surface area contributed by atoms with Crippen LogP contribution in [0.2, 0.25) is 0 Å². The van der Waals surface area contributed by atoms with E-state index < -0.39 is 5.41 Å². The maximum absolute atomic E-state index is 11.5. The molecule has 0 aromatic rings. The number of hydrogen-bond donors (Lipinski definition) is 0. The second-order valence-corrected chi connectivity index (χ2v) is 4.49. The van der Waals surface area contributed by atoms with E-state index in [4.69, 9.17) is 9.47 Å². The molecule has 0 amide bonds. The topological polar surface area (TPSA) is 52.6 Å². The smallest absolute Gasteiger partial charge is 0.311 e. The lowest BCUT2D eigenvalue weighted by molar-refractivity contribution is -0.165. The maximum Gasteiger partial charge on any atom is 0.311 e. The van der Waals surface area contributed by atoms with Crippen molar-refractivity contribution in [1.82, 2.24) is 0 Å². The second-order valence-electron chi connectivity index (χ2n) is 4.49. The van der Waals surface area contributed by atoms with Gasteiger partial charge in [-0.2, -0.15) is 0 Å². The first kappa shape index (κ1) is 13.9. The Kier molecular flexibility index (Phi) is 5.33. The minimum Gasteiger partial charge on any atom is -0.462 e. The molecule has 1 atom stereocenters. The highest BCUT2D eigenvalue weighted by Gasteiger charge is 2.26. The Bertz CT molecular complexity index is 227. The zero-order valence-electron chi connectivity index (χ0n) is 10.1. The highest BCUT2D eigenvalue weighted by atomic mass is 16.6. The molecule has 0 fully saturated rings. The summed E-state index contributed by atoms with van der Waals surface area (Å²) in [4.78, 5) is 22.1. The van der Waals surface area contributed by atoms with Gasteiger partial charge in [-0.15, -0.1) is 0 Å². The van der Waals surface area contributed by atoms with Crippen LogP contribution in [0.3, 0.4) is 0 Å². The molecular weight excluding hydrogens is 196 g/mol. The van der Waals surface area contributed by atoms with Gasteiger partial charge in [0.2, 0.25) is 0 Å². The first-order valence-electron chi connectivity index (χ1n) is 5.11. The third kappa shape index (κ3) is 6.10. The molecule has 0 saturated carbocycles. The van der Waals surface area contributed by atoms with E-state index in [0.29, 0.717) is 6.42 Å². The standard InChI is InChI=1S/C11H20O4/c1-6-9(7-14-8(2)12)15-10(13)11(3,4)5/h9H,6-7H2,1-5H3. The molecule has 0 aromatic carbocycles. The van der Waals surface area contributed by atoms with Crippen LogP contribution in [0.5, 0.6) is 0 Å². The third-order valence-corrected chi connectivity index (χ3v) is 1.81. The van der Waals surface area contributed by atoms with Gasteiger partial charge in [0.25, 0.3) is 0 Å². The molecule has 4 heteroatoms. The Labute approximate surface area is 90.9 Å². The van der Waals surface area contributed by atoms with Crippen molar-refractivity contribution in [2.45, 2.75) is 47.1 Å². The molecule has 0 aliphatic rings. The lowest BCUT2D eigenvalue weighted by atomic mass is 9.97. The van der Waals surface area contributed by atoms with Crippen LogP contribution < -0.4 is 0 Å². The van der Waals surface area contributed by atoms with Gasteiger partial charge in [0.1, 0.15) is 12.7 Å². The Morgan fingerprint density at radius 3 is 2.13 bits per heavy atom. The van der Waals surface area contributed by atoms with Crippen LogP contribution in [-0.4, -0.2) is 24.6 Å².